The molecule has 2 aliphatic rings. The smallest absolute Gasteiger partial charge is 0.410 e. The third-order valence-corrected chi connectivity index (χ3v) is 5.03. The largest absolute Gasteiger partial charge is 0.467 e. The molecule has 8 heteroatoms. The summed E-state index contributed by atoms with van der Waals surface area (Å²) in [6.07, 6.45) is 4.20. The van der Waals surface area contributed by atoms with Crippen molar-refractivity contribution < 1.29 is 23.9 Å². The Labute approximate surface area is 163 Å². The summed E-state index contributed by atoms with van der Waals surface area (Å²) in [4.78, 5) is 40.7. The molecule has 1 aromatic rings. The lowest BCUT2D eigenvalue weighted by Crippen LogP contribution is -2.66. The first kappa shape index (κ1) is 19.9. The molecule has 8 nitrogen and oxygen atoms in total. The van der Waals surface area contributed by atoms with Crippen LogP contribution in [0.4, 0.5) is 4.79 Å². The fourth-order valence-corrected chi connectivity index (χ4v) is 3.56. The number of rotatable bonds is 3. The summed E-state index contributed by atoms with van der Waals surface area (Å²) in [6.45, 7) is 0.417. The molecule has 0 saturated carbocycles. The highest BCUT2D eigenvalue weighted by Gasteiger charge is 2.44. The van der Waals surface area contributed by atoms with Crippen LogP contribution in [0.1, 0.15) is 18.4 Å². The van der Waals surface area contributed by atoms with Gasteiger partial charge in [0.25, 0.3) is 0 Å². The lowest BCUT2D eigenvalue weighted by molar-refractivity contribution is -0.159. The van der Waals surface area contributed by atoms with Crippen molar-refractivity contribution in [3.05, 3.63) is 48.0 Å². The van der Waals surface area contributed by atoms with Crippen LogP contribution in [0.5, 0.6) is 0 Å². The van der Waals surface area contributed by atoms with Crippen LogP contribution in [0.2, 0.25) is 0 Å². The summed E-state index contributed by atoms with van der Waals surface area (Å²) in [7, 11) is 1.26. The van der Waals surface area contributed by atoms with Gasteiger partial charge in [0.15, 0.2) is 0 Å². The average Bonchev–Trinajstić information content (AvgIpc) is 2.72. The van der Waals surface area contributed by atoms with Gasteiger partial charge < -0.3 is 25.0 Å². The van der Waals surface area contributed by atoms with Crippen LogP contribution in [0, 0.1) is 0 Å². The van der Waals surface area contributed by atoms with E-state index in [1.807, 2.05) is 42.5 Å². The van der Waals surface area contributed by atoms with Gasteiger partial charge in [0.05, 0.1) is 25.7 Å². The van der Waals surface area contributed by atoms with Gasteiger partial charge in [0, 0.05) is 6.54 Å². The first-order valence-electron chi connectivity index (χ1n) is 9.27. The van der Waals surface area contributed by atoms with Crippen molar-refractivity contribution >= 4 is 18.0 Å². The number of hydrogen-bond acceptors (Lipinski definition) is 6. The minimum absolute atomic E-state index is 0.0129. The first-order chi connectivity index (χ1) is 13.5. The normalized spacial score (nSPS) is 24.8. The van der Waals surface area contributed by atoms with Crippen LogP contribution < -0.4 is 5.73 Å². The number of methoxy groups -OCH3 is 1. The Bertz CT molecular complexity index is 751. The van der Waals surface area contributed by atoms with E-state index in [4.69, 9.17) is 15.2 Å². The number of piperazine rings is 1. The van der Waals surface area contributed by atoms with E-state index in [-0.39, 0.29) is 31.6 Å². The maximum absolute atomic E-state index is 12.8. The topological polar surface area (TPSA) is 102 Å². The van der Waals surface area contributed by atoms with Crippen molar-refractivity contribution in [2.75, 3.05) is 20.2 Å². The molecule has 1 fully saturated rings. The van der Waals surface area contributed by atoms with Crippen LogP contribution >= 0.6 is 0 Å². The Hall–Kier alpha value is -2.87. The number of ether oxygens (including phenoxy) is 2. The molecule has 0 radical (unpaired) electrons. The molecule has 28 heavy (non-hydrogen) atoms. The highest BCUT2D eigenvalue weighted by molar-refractivity contribution is 5.89. The predicted octanol–water partition coefficient (Wildman–Crippen LogP) is 1.05. The van der Waals surface area contributed by atoms with Gasteiger partial charge in [-0.15, -0.1) is 0 Å². The quantitative estimate of drug-likeness (QED) is 0.615. The minimum atomic E-state index is -0.905. The third-order valence-electron chi connectivity index (χ3n) is 5.03. The van der Waals surface area contributed by atoms with Crippen molar-refractivity contribution in [3.63, 3.8) is 0 Å². The van der Waals surface area contributed by atoms with Crippen LogP contribution in [-0.2, 0) is 25.7 Å². The minimum Gasteiger partial charge on any atom is -0.467 e. The zero-order valence-corrected chi connectivity index (χ0v) is 15.8. The Morgan fingerprint density at radius 1 is 1.14 bits per heavy atom. The molecule has 2 heterocycles. The first-order valence-corrected chi connectivity index (χ1v) is 9.27. The number of hydrogen-bond donors (Lipinski definition) is 1. The van der Waals surface area contributed by atoms with Crippen LogP contribution in [-0.4, -0.2) is 66.1 Å². The summed E-state index contributed by atoms with van der Waals surface area (Å²) in [5.41, 5.74) is 6.83. The highest BCUT2D eigenvalue weighted by Crippen LogP contribution is 2.24. The summed E-state index contributed by atoms with van der Waals surface area (Å²) in [5, 5.41) is 0. The van der Waals surface area contributed by atoms with Crippen LogP contribution in [0.15, 0.2) is 42.5 Å². The molecule has 2 amide bonds. The monoisotopic (exact) mass is 387 g/mol. The van der Waals surface area contributed by atoms with E-state index >= 15 is 0 Å². The van der Waals surface area contributed by atoms with Crippen molar-refractivity contribution in [1.29, 1.82) is 0 Å². The second-order valence-corrected chi connectivity index (χ2v) is 6.93. The summed E-state index contributed by atoms with van der Waals surface area (Å²) < 4.78 is 10.3. The summed E-state index contributed by atoms with van der Waals surface area (Å²) >= 11 is 0. The van der Waals surface area contributed by atoms with E-state index in [0.717, 1.165) is 5.56 Å². The molecule has 2 aliphatic heterocycles. The lowest BCUT2D eigenvalue weighted by Gasteiger charge is -2.46. The highest BCUT2D eigenvalue weighted by atomic mass is 16.6. The predicted molar refractivity (Wildman–Crippen MR) is 101 cm³/mol. The number of esters is 1. The Morgan fingerprint density at radius 2 is 1.86 bits per heavy atom. The van der Waals surface area contributed by atoms with Crippen molar-refractivity contribution in [2.24, 2.45) is 5.73 Å². The number of fused-ring (bicyclic) bond motifs is 1. The lowest BCUT2D eigenvalue weighted by atomic mass is 9.98. The van der Waals surface area contributed by atoms with Gasteiger partial charge in [-0.1, -0.05) is 42.5 Å². The molecule has 0 unspecified atom stereocenters. The molecule has 1 saturated heterocycles. The number of benzene rings is 1. The summed E-state index contributed by atoms with van der Waals surface area (Å²) in [6, 6.07) is 7.35. The maximum atomic E-state index is 12.8. The van der Waals surface area contributed by atoms with Gasteiger partial charge >= 0.3 is 12.1 Å². The van der Waals surface area contributed by atoms with Gasteiger partial charge in [-0.2, -0.15) is 0 Å². The zero-order chi connectivity index (χ0) is 20.1. The van der Waals surface area contributed by atoms with E-state index in [0.29, 0.717) is 12.8 Å². The molecule has 0 bridgehead atoms. The standard InChI is InChI=1S/C20H25N3O5/c1-27-19(25)17-12-22(20(26)28-13-14-7-3-2-4-8-14)11-15-9-5-6-10-16(21)18(24)23(15)17/h2-8,15-17H,9-13,21H2,1H3/t15-,16-,17-/m0/s1. The van der Waals surface area contributed by atoms with E-state index in [1.165, 1.54) is 16.9 Å². The van der Waals surface area contributed by atoms with Crippen molar-refractivity contribution in [1.82, 2.24) is 9.80 Å². The Morgan fingerprint density at radius 3 is 2.57 bits per heavy atom. The van der Waals surface area contributed by atoms with Crippen molar-refractivity contribution in [3.8, 4) is 0 Å². The Balaban J connectivity index is 1.76. The molecule has 0 aromatic heterocycles. The fraction of sp³-hybridized carbons (Fsp3) is 0.450. The van der Waals surface area contributed by atoms with Gasteiger partial charge in [0.1, 0.15) is 12.6 Å². The number of nitrogens with zero attached hydrogens (tertiary/aromatic N) is 2. The summed E-state index contributed by atoms with van der Waals surface area (Å²) in [5.74, 6) is -0.877. The van der Waals surface area contributed by atoms with Crippen LogP contribution in [0.3, 0.4) is 0 Å². The molecule has 0 aliphatic carbocycles. The molecule has 0 spiro atoms. The second-order valence-electron chi connectivity index (χ2n) is 6.93. The Kier molecular flexibility index (Phi) is 6.30. The van der Waals surface area contributed by atoms with E-state index in [9.17, 15) is 14.4 Å². The van der Waals surface area contributed by atoms with Gasteiger partial charge in [0.2, 0.25) is 5.91 Å². The van der Waals surface area contributed by atoms with Crippen LogP contribution in [0.25, 0.3) is 0 Å². The third kappa shape index (κ3) is 4.33. The molecule has 2 N–H and O–H groups in total. The van der Waals surface area contributed by atoms with E-state index < -0.39 is 24.1 Å². The molecule has 1 aromatic carbocycles. The molecular weight excluding hydrogens is 362 g/mol. The van der Waals surface area contributed by atoms with Crippen molar-refractivity contribution in [2.45, 2.75) is 37.6 Å². The average molecular weight is 387 g/mol. The number of nitrogens with two attached hydrogens (primary N) is 1. The molecule has 150 valence electrons. The molecule has 3 atom stereocenters. The van der Waals surface area contributed by atoms with E-state index in [2.05, 4.69) is 0 Å². The maximum Gasteiger partial charge on any atom is 0.410 e. The zero-order valence-electron chi connectivity index (χ0n) is 15.8. The van der Waals surface area contributed by atoms with E-state index in [1.54, 1.807) is 0 Å². The number of amides is 2. The fourth-order valence-electron chi connectivity index (χ4n) is 3.56. The number of carbonyl (C=O) groups is 3. The van der Waals surface area contributed by atoms with Gasteiger partial charge in [-0.3, -0.25) is 4.79 Å². The number of carbonyl (C=O) groups excluding carboxylic acids is 3. The molecular formula is C20H25N3O5. The van der Waals surface area contributed by atoms with Gasteiger partial charge in [-0.05, 0) is 18.4 Å². The SMILES string of the molecule is COC(=O)[C@@H]1CN(C(=O)OCc2ccccc2)C[C@@H]2CC=CC[C@H](N)C(=O)N21. The molecule has 3 rings (SSSR count). The second kappa shape index (κ2) is 8.88. The van der Waals surface area contributed by atoms with Gasteiger partial charge in [-0.25, -0.2) is 9.59 Å².